The van der Waals surface area contributed by atoms with Crippen molar-refractivity contribution in [2.75, 3.05) is 7.11 Å². The number of nitrogens with zero attached hydrogens (tertiary/aromatic N) is 3. The molecule has 0 N–H and O–H groups in total. The fourth-order valence-electron chi connectivity index (χ4n) is 1.33. The highest BCUT2D eigenvalue weighted by atomic mass is 16.5. The largest absolute Gasteiger partial charge is 0.468 e. The molecule has 6 heteroatoms. The number of aromatic nitrogens is 2. The molecule has 1 unspecified atom stereocenters. The molecule has 0 fully saturated rings. The van der Waals surface area contributed by atoms with Crippen molar-refractivity contribution in [1.82, 2.24) is 9.55 Å². The minimum atomic E-state index is -0.487. The highest BCUT2D eigenvalue weighted by molar-refractivity contribution is 5.69. The van der Waals surface area contributed by atoms with Crippen LogP contribution in [0.1, 0.15) is 25.8 Å². The molecule has 0 aliphatic heterocycles. The second-order valence-electron chi connectivity index (χ2n) is 4.37. The molecule has 0 saturated carbocycles. The van der Waals surface area contributed by atoms with Crippen LogP contribution in [0.5, 0.6) is 0 Å². The predicted molar refractivity (Wildman–Crippen MR) is 72.9 cm³/mol. The molecule has 1 rings (SSSR count). The zero-order valence-corrected chi connectivity index (χ0v) is 11.7. The Morgan fingerprint density at radius 3 is 2.89 bits per heavy atom. The van der Waals surface area contributed by atoms with Crippen LogP contribution in [0, 0.1) is 12.8 Å². The Morgan fingerprint density at radius 2 is 2.32 bits per heavy atom. The number of hydrogen-bond donors (Lipinski definition) is 0. The topological polar surface area (TPSA) is 73.6 Å². The minimum absolute atomic E-state index is 0.140. The van der Waals surface area contributed by atoms with Crippen molar-refractivity contribution in [3.05, 3.63) is 22.2 Å². The van der Waals surface area contributed by atoms with Crippen molar-refractivity contribution in [1.29, 1.82) is 0 Å². The molecule has 19 heavy (non-hydrogen) atoms. The average Bonchev–Trinajstić information content (AvgIpc) is 2.42. The summed E-state index contributed by atoms with van der Waals surface area (Å²) in [6.07, 6.45) is 4.07. The van der Waals surface area contributed by atoms with Crippen LogP contribution in [-0.4, -0.2) is 28.8 Å². The summed E-state index contributed by atoms with van der Waals surface area (Å²) in [4.78, 5) is 31.4. The van der Waals surface area contributed by atoms with Crippen molar-refractivity contribution in [2.24, 2.45) is 10.9 Å². The molecule has 1 heterocycles. The van der Waals surface area contributed by atoms with Gasteiger partial charge >= 0.3 is 5.97 Å². The Morgan fingerprint density at radius 1 is 1.63 bits per heavy atom. The van der Waals surface area contributed by atoms with E-state index in [9.17, 15) is 9.59 Å². The van der Waals surface area contributed by atoms with Gasteiger partial charge in [-0.1, -0.05) is 13.8 Å². The maximum absolute atomic E-state index is 12.0. The maximum atomic E-state index is 12.0. The first-order chi connectivity index (χ1) is 8.99. The van der Waals surface area contributed by atoms with E-state index in [1.165, 1.54) is 18.0 Å². The fourth-order valence-corrected chi connectivity index (χ4v) is 1.33. The van der Waals surface area contributed by atoms with Crippen LogP contribution < -0.4 is 5.56 Å². The summed E-state index contributed by atoms with van der Waals surface area (Å²) < 4.78 is 5.73. The van der Waals surface area contributed by atoms with Gasteiger partial charge in [-0.3, -0.25) is 14.2 Å². The molecule has 0 aromatic carbocycles. The smallest absolute Gasteiger partial charge is 0.325 e. The lowest BCUT2D eigenvalue weighted by atomic mass is 10.1. The van der Waals surface area contributed by atoms with E-state index in [0.717, 1.165) is 6.42 Å². The molecule has 104 valence electrons. The van der Waals surface area contributed by atoms with Crippen LogP contribution in [0.2, 0.25) is 0 Å². The quantitative estimate of drug-likeness (QED) is 0.597. The van der Waals surface area contributed by atoms with Gasteiger partial charge in [-0.05, 0) is 19.3 Å². The van der Waals surface area contributed by atoms with Crippen molar-refractivity contribution in [2.45, 2.75) is 33.7 Å². The van der Waals surface area contributed by atoms with E-state index < -0.39 is 5.97 Å². The zero-order chi connectivity index (χ0) is 14.4. The van der Waals surface area contributed by atoms with Crippen molar-refractivity contribution < 1.29 is 9.53 Å². The Balaban J connectivity index is 3.01. The lowest BCUT2D eigenvalue weighted by Gasteiger charge is -2.06. The number of carbonyl (C=O) groups excluding carboxylic acids is 1. The van der Waals surface area contributed by atoms with Gasteiger partial charge in [0.2, 0.25) is 0 Å². The van der Waals surface area contributed by atoms with Crippen LogP contribution in [0.15, 0.2) is 16.1 Å². The molecule has 6 nitrogen and oxygen atoms in total. The number of methoxy groups -OCH3 is 1. The SMILES string of the molecule is CCC(C)C=Nc1ncn(CC(=O)OC)c(=O)c1C. The first-order valence-corrected chi connectivity index (χ1v) is 6.16. The van der Waals surface area contributed by atoms with Crippen LogP contribution in [0.3, 0.4) is 0 Å². The molecular weight excluding hydrogens is 246 g/mol. The summed E-state index contributed by atoms with van der Waals surface area (Å²) in [5.74, 6) is 0.240. The summed E-state index contributed by atoms with van der Waals surface area (Å²) in [5.41, 5.74) is 0.141. The summed E-state index contributed by atoms with van der Waals surface area (Å²) in [5, 5.41) is 0. The van der Waals surface area contributed by atoms with Gasteiger partial charge < -0.3 is 4.74 Å². The van der Waals surface area contributed by atoms with Gasteiger partial charge in [0.15, 0.2) is 5.82 Å². The standard InChI is InChI=1S/C13H19N3O3/c1-5-9(2)6-14-12-10(3)13(18)16(8-15-12)7-11(17)19-4/h6,8-9H,5,7H2,1-4H3. The minimum Gasteiger partial charge on any atom is -0.468 e. The highest BCUT2D eigenvalue weighted by Gasteiger charge is 2.09. The lowest BCUT2D eigenvalue weighted by Crippen LogP contribution is -2.26. The van der Waals surface area contributed by atoms with Gasteiger partial charge in [-0.25, -0.2) is 9.98 Å². The first-order valence-electron chi connectivity index (χ1n) is 6.16. The molecule has 1 aromatic rings. The van der Waals surface area contributed by atoms with Gasteiger partial charge in [-0.2, -0.15) is 0 Å². The molecule has 0 amide bonds. The number of hydrogen-bond acceptors (Lipinski definition) is 5. The van der Waals surface area contributed by atoms with E-state index in [1.807, 2.05) is 6.92 Å². The van der Waals surface area contributed by atoms with E-state index in [2.05, 4.69) is 21.6 Å². The second kappa shape index (κ2) is 6.82. The van der Waals surface area contributed by atoms with Crippen molar-refractivity contribution in [3.8, 4) is 0 Å². The summed E-state index contributed by atoms with van der Waals surface area (Å²) >= 11 is 0. The number of carbonyl (C=O) groups is 1. The van der Waals surface area contributed by atoms with Crippen LogP contribution in [0.25, 0.3) is 0 Å². The Hall–Kier alpha value is -1.98. The van der Waals surface area contributed by atoms with Crippen LogP contribution in [0.4, 0.5) is 5.82 Å². The number of ether oxygens (including phenoxy) is 1. The van der Waals surface area contributed by atoms with Crippen molar-refractivity contribution in [3.63, 3.8) is 0 Å². The van der Waals surface area contributed by atoms with Crippen LogP contribution in [-0.2, 0) is 16.1 Å². The third-order valence-electron chi connectivity index (χ3n) is 2.86. The molecule has 0 bridgehead atoms. The third-order valence-corrected chi connectivity index (χ3v) is 2.86. The first kappa shape index (κ1) is 15.1. The van der Waals surface area contributed by atoms with Gasteiger partial charge in [0.1, 0.15) is 12.9 Å². The molecule has 1 aromatic heterocycles. The summed E-state index contributed by atoms with van der Waals surface area (Å²) in [6, 6.07) is 0. The van der Waals surface area contributed by atoms with Gasteiger partial charge in [0, 0.05) is 6.21 Å². The molecule has 1 atom stereocenters. The molecule has 0 spiro atoms. The van der Waals surface area contributed by atoms with E-state index >= 15 is 0 Å². The fraction of sp³-hybridized carbons (Fsp3) is 0.538. The molecule has 0 aliphatic rings. The van der Waals surface area contributed by atoms with Gasteiger partial charge in [0.05, 0.1) is 12.7 Å². The van der Waals surface area contributed by atoms with E-state index in [1.54, 1.807) is 13.1 Å². The predicted octanol–water partition coefficient (Wildman–Crippen LogP) is 1.47. The third kappa shape index (κ3) is 4.01. The number of rotatable bonds is 5. The highest BCUT2D eigenvalue weighted by Crippen LogP contribution is 2.10. The molecule has 0 radical (unpaired) electrons. The Kier molecular flexibility index (Phi) is 5.41. The van der Waals surface area contributed by atoms with E-state index in [-0.39, 0.29) is 12.1 Å². The normalized spacial score (nSPS) is 12.6. The zero-order valence-electron chi connectivity index (χ0n) is 11.7. The number of aliphatic imine (C=N–C) groups is 1. The van der Waals surface area contributed by atoms with E-state index in [4.69, 9.17) is 0 Å². The Labute approximate surface area is 112 Å². The number of esters is 1. The van der Waals surface area contributed by atoms with E-state index in [0.29, 0.717) is 17.3 Å². The van der Waals surface area contributed by atoms with Crippen molar-refractivity contribution >= 4 is 18.0 Å². The maximum Gasteiger partial charge on any atom is 0.325 e. The van der Waals surface area contributed by atoms with Crippen LogP contribution >= 0.6 is 0 Å². The second-order valence-corrected chi connectivity index (χ2v) is 4.37. The monoisotopic (exact) mass is 265 g/mol. The van der Waals surface area contributed by atoms with Gasteiger partial charge in [-0.15, -0.1) is 0 Å². The van der Waals surface area contributed by atoms with Gasteiger partial charge in [0.25, 0.3) is 5.56 Å². The average molecular weight is 265 g/mol. The summed E-state index contributed by atoms with van der Waals surface area (Å²) in [7, 11) is 1.28. The molecular formula is C13H19N3O3. The Bertz CT molecular complexity index is 534. The summed E-state index contributed by atoms with van der Waals surface area (Å²) in [6.45, 7) is 5.60. The molecule has 0 saturated heterocycles. The molecule has 0 aliphatic carbocycles. The lowest BCUT2D eigenvalue weighted by molar-refractivity contribution is -0.141.